The van der Waals surface area contributed by atoms with Gasteiger partial charge in [0.2, 0.25) is 0 Å². The molecular formula is C19H32N4O. The van der Waals surface area contributed by atoms with E-state index in [1.165, 1.54) is 32.4 Å². The molecule has 3 rings (SSSR count). The predicted molar refractivity (Wildman–Crippen MR) is 97.6 cm³/mol. The third-order valence-electron chi connectivity index (χ3n) is 4.99. The summed E-state index contributed by atoms with van der Waals surface area (Å²) in [6, 6.07) is 2.02. The highest BCUT2D eigenvalue weighted by Crippen LogP contribution is 2.23. The van der Waals surface area contributed by atoms with Crippen LogP contribution in [0.15, 0.2) is 12.3 Å². The number of hydrogen-bond acceptors (Lipinski definition) is 5. The highest BCUT2D eigenvalue weighted by molar-refractivity contribution is 5.39. The largest absolute Gasteiger partial charge is 0.375 e. The molecule has 0 saturated carbocycles. The van der Waals surface area contributed by atoms with Gasteiger partial charge in [-0.05, 0) is 38.4 Å². The van der Waals surface area contributed by atoms with Crippen LogP contribution in [-0.2, 0) is 10.2 Å². The molecular weight excluding hydrogens is 300 g/mol. The number of rotatable bonds is 5. The molecule has 134 valence electrons. The topological polar surface area (TPSA) is 41.5 Å². The minimum Gasteiger partial charge on any atom is -0.375 e. The van der Waals surface area contributed by atoms with E-state index in [9.17, 15) is 0 Å². The molecule has 0 N–H and O–H groups in total. The van der Waals surface area contributed by atoms with E-state index in [1.807, 2.05) is 12.3 Å². The van der Waals surface area contributed by atoms with Gasteiger partial charge in [-0.15, -0.1) is 0 Å². The Morgan fingerprint density at radius 2 is 1.96 bits per heavy atom. The van der Waals surface area contributed by atoms with Crippen LogP contribution in [-0.4, -0.2) is 60.3 Å². The van der Waals surface area contributed by atoms with E-state index in [0.717, 1.165) is 44.3 Å². The smallest absolute Gasteiger partial charge is 0.135 e. The average molecular weight is 332 g/mol. The summed E-state index contributed by atoms with van der Waals surface area (Å²) in [4.78, 5) is 14.1. The van der Waals surface area contributed by atoms with Gasteiger partial charge in [0, 0.05) is 31.2 Å². The summed E-state index contributed by atoms with van der Waals surface area (Å²) in [5.74, 6) is 1.95. The number of ether oxygens (including phenoxy) is 1. The molecule has 0 aromatic carbocycles. The number of piperidine rings is 1. The van der Waals surface area contributed by atoms with Crippen LogP contribution in [0.5, 0.6) is 0 Å². The maximum absolute atomic E-state index is 6.13. The fraction of sp³-hybridized carbons (Fsp3) is 0.789. The summed E-state index contributed by atoms with van der Waals surface area (Å²) in [6.07, 6.45) is 7.40. The maximum atomic E-state index is 6.13. The Morgan fingerprint density at radius 1 is 1.17 bits per heavy atom. The highest BCUT2D eigenvalue weighted by atomic mass is 16.5. The monoisotopic (exact) mass is 332 g/mol. The van der Waals surface area contributed by atoms with E-state index in [4.69, 9.17) is 9.72 Å². The lowest BCUT2D eigenvalue weighted by Crippen LogP contribution is -2.34. The maximum Gasteiger partial charge on any atom is 0.135 e. The lowest BCUT2D eigenvalue weighted by Gasteiger charge is -2.26. The van der Waals surface area contributed by atoms with E-state index in [1.54, 1.807) is 0 Å². The van der Waals surface area contributed by atoms with Crippen molar-refractivity contribution in [2.45, 2.75) is 58.0 Å². The molecule has 2 fully saturated rings. The second-order valence-electron chi connectivity index (χ2n) is 8.12. The molecule has 0 spiro atoms. The molecule has 5 nitrogen and oxygen atoms in total. The first kappa shape index (κ1) is 17.6. The number of aromatic nitrogens is 2. The normalized spacial score (nSPS) is 23.0. The third kappa shape index (κ3) is 4.67. The van der Waals surface area contributed by atoms with Crippen molar-refractivity contribution in [2.24, 2.45) is 0 Å². The van der Waals surface area contributed by atoms with Crippen LogP contribution in [0.1, 0.15) is 52.3 Å². The van der Waals surface area contributed by atoms with Gasteiger partial charge in [-0.25, -0.2) is 9.97 Å². The molecule has 0 bridgehead atoms. The van der Waals surface area contributed by atoms with Gasteiger partial charge >= 0.3 is 0 Å². The van der Waals surface area contributed by atoms with Crippen molar-refractivity contribution < 1.29 is 4.74 Å². The zero-order valence-electron chi connectivity index (χ0n) is 15.5. The van der Waals surface area contributed by atoms with Crippen molar-refractivity contribution in [3.8, 4) is 0 Å². The zero-order chi connectivity index (χ0) is 17.0. The van der Waals surface area contributed by atoms with Crippen LogP contribution in [0.4, 0.5) is 5.82 Å². The molecule has 0 aliphatic carbocycles. The predicted octanol–water partition coefficient (Wildman–Crippen LogP) is 2.86. The molecule has 2 saturated heterocycles. The van der Waals surface area contributed by atoms with Crippen molar-refractivity contribution >= 4 is 5.82 Å². The fourth-order valence-electron chi connectivity index (χ4n) is 3.49. The first-order chi connectivity index (χ1) is 11.5. The van der Waals surface area contributed by atoms with Crippen LogP contribution >= 0.6 is 0 Å². The molecule has 5 heteroatoms. The van der Waals surface area contributed by atoms with Crippen LogP contribution < -0.4 is 4.90 Å². The molecule has 1 aromatic rings. The number of likely N-dealkylation sites (tertiary alicyclic amines) is 1. The zero-order valence-corrected chi connectivity index (χ0v) is 15.5. The Morgan fingerprint density at radius 3 is 2.71 bits per heavy atom. The van der Waals surface area contributed by atoms with E-state index in [-0.39, 0.29) is 5.41 Å². The van der Waals surface area contributed by atoms with Crippen molar-refractivity contribution in [3.63, 3.8) is 0 Å². The van der Waals surface area contributed by atoms with Crippen LogP contribution in [0.2, 0.25) is 0 Å². The summed E-state index contributed by atoms with van der Waals surface area (Å²) in [6.45, 7) is 12.9. The quantitative estimate of drug-likeness (QED) is 0.829. The minimum absolute atomic E-state index is 0.0138. The third-order valence-corrected chi connectivity index (χ3v) is 4.99. The summed E-state index contributed by atoms with van der Waals surface area (Å²) in [7, 11) is 0. The van der Waals surface area contributed by atoms with Crippen LogP contribution in [0, 0.1) is 0 Å². The Balaban J connectivity index is 1.46. The van der Waals surface area contributed by atoms with E-state index >= 15 is 0 Å². The van der Waals surface area contributed by atoms with Gasteiger partial charge in [-0.1, -0.05) is 27.2 Å². The van der Waals surface area contributed by atoms with Gasteiger partial charge in [-0.3, -0.25) is 0 Å². The average Bonchev–Trinajstić information content (AvgIpc) is 3.04. The lowest BCUT2D eigenvalue weighted by atomic mass is 9.96. The van der Waals surface area contributed by atoms with E-state index in [0.29, 0.717) is 6.10 Å². The highest BCUT2D eigenvalue weighted by Gasteiger charge is 2.26. The Kier molecular flexibility index (Phi) is 5.72. The molecule has 0 radical (unpaired) electrons. The Labute approximate surface area is 146 Å². The van der Waals surface area contributed by atoms with Crippen molar-refractivity contribution in [1.82, 2.24) is 14.9 Å². The second kappa shape index (κ2) is 7.79. The number of nitrogens with zero attached hydrogens (tertiary/aromatic N) is 4. The molecule has 1 aromatic heterocycles. The van der Waals surface area contributed by atoms with Crippen LogP contribution in [0.25, 0.3) is 0 Å². The SMILES string of the molecule is CC(C)(C)c1nccc(N2CC[C@H](OCCN3CCCCC3)C2)n1. The summed E-state index contributed by atoms with van der Waals surface area (Å²) >= 11 is 0. The van der Waals surface area contributed by atoms with Gasteiger partial charge in [0.25, 0.3) is 0 Å². The molecule has 0 amide bonds. The summed E-state index contributed by atoms with van der Waals surface area (Å²) in [5.41, 5.74) is -0.0138. The molecule has 3 heterocycles. The van der Waals surface area contributed by atoms with Gasteiger partial charge in [0.1, 0.15) is 11.6 Å². The van der Waals surface area contributed by atoms with E-state index < -0.39 is 0 Å². The molecule has 2 aliphatic rings. The molecule has 1 atom stereocenters. The van der Waals surface area contributed by atoms with Crippen LogP contribution in [0.3, 0.4) is 0 Å². The fourth-order valence-corrected chi connectivity index (χ4v) is 3.49. The standard InChI is InChI=1S/C19H32N4O/c1-19(2,3)18-20-9-7-17(21-18)23-12-8-16(15-23)24-14-13-22-10-5-4-6-11-22/h7,9,16H,4-6,8,10-15H2,1-3H3/t16-/m0/s1. The number of hydrogen-bond donors (Lipinski definition) is 0. The van der Waals surface area contributed by atoms with Gasteiger partial charge in [0.05, 0.1) is 12.7 Å². The number of anilines is 1. The van der Waals surface area contributed by atoms with Gasteiger partial charge < -0.3 is 14.5 Å². The van der Waals surface area contributed by atoms with Crippen molar-refractivity contribution in [2.75, 3.05) is 44.2 Å². The second-order valence-corrected chi connectivity index (χ2v) is 8.12. The lowest BCUT2D eigenvalue weighted by molar-refractivity contribution is 0.0467. The first-order valence-electron chi connectivity index (χ1n) is 9.45. The van der Waals surface area contributed by atoms with Gasteiger partial charge in [0.15, 0.2) is 0 Å². The summed E-state index contributed by atoms with van der Waals surface area (Å²) in [5, 5.41) is 0. The molecule has 2 aliphatic heterocycles. The minimum atomic E-state index is -0.0138. The Hall–Kier alpha value is -1.20. The van der Waals surface area contributed by atoms with Crippen molar-refractivity contribution in [1.29, 1.82) is 0 Å². The van der Waals surface area contributed by atoms with E-state index in [2.05, 4.69) is 35.6 Å². The Bertz CT molecular complexity index is 522. The van der Waals surface area contributed by atoms with Crippen molar-refractivity contribution in [3.05, 3.63) is 18.1 Å². The molecule has 0 unspecified atom stereocenters. The molecule has 24 heavy (non-hydrogen) atoms. The first-order valence-corrected chi connectivity index (χ1v) is 9.45. The van der Waals surface area contributed by atoms with Gasteiger partial charge in [-0.2, -0.15) is 0 Å². The summed E-state index contributed by atoms with van der Waals surface area (Å²) < 4.78 is 6.13.